The van der Waals surface area contributed by atoms with Crippen molar-refractivity contribution in [2.24, 2.45) is 0 Å². The molecular weight excluding hydrogens is 1630 g/mol. The SMILES string of the molecule is c1ccc(-c2ccc(-c3nc(-c4ccccc4)nc(-c4ccc(-c5ccc6c(c5)oc5ccccc56)cc4)n3)cc2)cc1.c1ccc(-c2nc(-c3ccccc3)nc(-c3ccc(-c4cccc(-c5cccc6c5oc5ccccc56)c4)c4ccccc34)n2)cc1.c1ccc(-c2nc(-c3ccccc3)nc(-c3cccc(-c4cccc(-c5cccc6c5oc5ccccc56)c4)c3)n2)cc1. The summed E-state index contributed by atoms with van der Waals surface area (Å²) in [6, 6.07) is 160. The minimum Gasteiger partial charge on any atom is -0.456 e. The third-order valence-electron chi connectivity index (χ3n) is 24.3. The van der Waals surface area contributed by atoms with Crippen LogP contribution in [-0.2, 0) is 0 Å². The highest BCUT2D eigenvalue weighted by atomic mass is 16.3. The summed E-state index contributed by atoms with van der Waals surface area (Å²) < 4.78 is 18.8. The number of hydrogen-bond donors (Lipinski definition) is 0. The van der Waals surface area contributed by atoms with Gasteiger partial charge in [-0.2, -0.15) is 0 Å². The second-order valence-electron chi connectivity index (χ2n) is 32.6. The van der Waals surface area contributed by atoms with E-state index in [1.165, 1.54) is 5.56 Å². The van der Waals surface area contributed by atoms with Crippen LogP contribution in [0.25, 0.3) is 246 Å². The highest BCUT2D eigenvalue weighted by molar-refractivity contribution is 6.12. The van der Waals surface area contributed by atoms with Crippen LogP contribution in [0.3, 0.4) is 0 Å². The van der Waals surface area contributed by atoms with Gasteiger partial charge in [0, 0.05) is 93.5 Å². The van der Waals surface area contributed by atoms with E-state index in [1.54, 1.807) is 0 Å². The molecule has 0 saturated carbocycles. The molecule has 0 saturated heterocycles. The van der Waals surface area contributed by atoms with Crippen LogP contribution in [0.4, 0.5) is 0 Å². The third kappa shape index (κ3) is 16.1. The number of aromatic nitrogens is 9. The van der Waals surface area contributed by atoms with E-state index in [1.807, 2.05) is 200 Å². The van der Waals surface area contributed by atoms with Crippen LogP contribution >= 0.6 is 0 Å². The maximum Gasteiger partial charge on any atom is 0.164 e. The van der Waals surface area contributed by atoms with E-state index in [2.05, 4.69) is 267 Å². The van der Waals surface area contributed by atoms with E-state index in [9.17, 15) is 0 Å². The van der Waals surface area contributed by atoms with Crippen LogP contribution in [-0.4, -0.2) is 44.9 Å². The minimum absolute atomic E-state index is 0.635. The van der Waals surface area contributed by atoms with Gasteiger partial charge in [-0.15, -0.1) is 0 Å². The molecule has 0 amide bonds. The van der Waals surface area contributed by atoms with Gasteiger partial charge in [-0.25, -0.2) is 44.9 Å². The molecule has 25 rings (SSSR count). The lowest BCUT2D eigenvalue weighted by molar-refractivity contribution is 0.669. The summed E-state index contributed by atoms with van der Waals surface area (Å²) >= 11 is 0. The Hall–Kier alpha value is -18.1. The van der Waals surface area contributed by atoms with Crippen LogP contribution in [0.2, 0.25) is 0 Å². The summed E-state index contributed by atoms with van der Waals surface area (Å²) in [6.07, 6.45) is 0. The minimum atomic E-state index is 0.635. The van der Waals surface area contributed by atoms with Gasteiger partial charge in [0.25, 0.3) is 0 Å². The molecule has 6 aromatic heterocycles. The number of para-hydroxylation sites is 5. The molecule has 0 unspecified atom stereocenters. The lowest BCUT2D eigenvalue weighted by atomic mass is 9.92. The number of benzene rings is 19. The molecular formula is C121H77N9O3. The predicted octanol–water partition coefficient (Wildman–Crippen LogP) is 31.5. The summed E-state index contributed by atoms with van der Waals surface area (Å²) in [7, 11) is 0. The molecule has 0 N–H and O–H groups in total. The van der Waals surface area contributed by atoms with Gasteiger partial charge in [-0.3, -0.25) is 0 Å². The van der Waals surface area contributed by atoms with Gasteiger partial charge in [0.2, 0.25) is 0 Å². The Morgan fingerprint density at radius 1 is 0.113 bits per heavy atom. The molecule has 133 heavy (non-hydrogen) atoms. The molecule has 0 atom stereocenters. The first-order valence-electron chi connectivity index (χ1n) is 44.3. The maximum atomic E-state index is 6.38. The van der Waals surface area contributed by atoms with Gasteiger partial charge in [0.05, 0.1) is 0 Å². The molecule has 0 aliphatic carbocycles. The highest BCUT2D eigenvalue weighted by Crippen LogP contribution is 2.44. The fourth-order valence-corrected chi connectivity index (χ4v) is 17.6. The molecule has 0 fully saturated rings. The Balaban J connectivity index is 0.000000113. The topological polar surface area (TPSA) is 155 Å². The smallest absolute Gasteiger partial charge is 0.164 e. The summed E-state index contributed by atoms with van der Waals surface area (Å²) in [4.78, 5) is 44.3. The number of rotatable bonds is 15. The Labute approximate surface area is 766 Å². The summed E-state index contributed by atoms with van der Waals surface area (Å²) in [5.41, 5.74) is 27.2. The normalized spacial score (nSPS) is 11.3. The van der Waals surface area contributed by atoms with Crippen LogP contribution in [0, 0.1) is 0 Å². The van der Waals surface area contributed by atoms with Crippen molar-refractivity contribution in [2.45, 2.75) is 0 Å². The number of hydrogen-bond acceptors (Lipinski definition) is 12. The van der Waals surface area contributed by atoms with Gasteiger partial charge in [-0.1, -0.05) is 413 Å². The van der Waals surface area contributed by atoms with Crippen molar-refractivity contribution < 1.29 is 13.3 Å². The van der Waals surface area contributed by atoms with Crippen LogP contribution in [0.5, 0.6) is 0 Å². The van der Waals surface area contributed by atoms with Crippen molar-refractivity contribution in [1.82, 2.24) is 44.9 Å². The Morgan fingerprint density at radius 2 is 0.346 bits per heavy atom. The predicted molar refractivity (Wildman–Crippen MR) is 540 cm³/mol. The summed E-state index contributed by atoms with van der Waals surface area (Å²) in [6.45, 7) is 0. The molecule has 0 spiro atoms. The Bertz CT molecular complexity index is 8490. The van der Waals surface area contributed by atoms with E-state index in [0.717, 1.165) is 188 Å². The highest BCUT2D eigenvalue weighted by Gasteiger charge is 2.22. The van der Waals surface area contributed by atoms with Gasteiger partial charge < -0.3 is 13.3 Å². The Kier molecular flexibility index (Phi) is 21.1. The average molecular weight is 1710 g/mol. The summed E-state index contributed by atoms with van der Waals surface area (Å²) in [5, 5.41) is 8.98. The third-order valence-corrected chi connectivity index (χ3v) is 24.3. The molecule has 19 aromatic carbocycles. The van der Waals surface area contributed by atoms with E-state index >= 15 is 0 Å². The molecule has 0 bridgehead atoms. The summed E-state index contributed by atoms with van der Waals surface area (Å²) in [5.74, 6) is 5.80. The van der Waals surface area contributed by atoms with E-state index in [0.29, 0.717) is 52.4 Å². The molecule has 12 heteroatoms. The van der Waals surface area contributed by atoms with Crippen LogP contribution < -0.4 is 0 Å². The van der Waals surface area contributed by atoms with Crippen LogP contribution in [0.15, 0.2) is 480 Å². The molecule has 25 aromatic rings. The van der Waals surface area contributed by atoms with Gasteiger partial charge >= 0.3 is 0 Å². The number of furan rings is 3. The van der Waals surface area contributed by atoms with E-state index < -0.39 is 0 Å². The zero-order valence-corrected chi connectivity index (χ0v) is 71.7. The lowest BCUT2D eigenvalue weighted by Crippen LogP contribution is -2.00. The van der Waals surface area contributed by atoms with Crippen molar-refractivity contribution in [1.29, 1.82) is 0 Å². The zero-order valence-electron chi connectivity index (χ0n) is 71.7. The lowest BCUT2D eigenvalue weighted by Gasteiger charge is -2.14. The first-order chi connectivity index (χ1) is 65.9. The van der Waals surface area contributed by atoms with Gasteiger partial charge in [0.15, 0.2) is 52.4 Å². The average Bonchev–Trinajstić information content (AvgIpc) is 1.65. The molecule has 0 aliphatic heterocycles. The molecule has 0 aliphatic rings. The standard InChI is InChI=1S/C43H27N3O.2C39H25N3O/c1-3-13-28(14-4-1)41-44-42(29-15-5-2-6-16-29)46-43(45-41)38-26-25-32(34-19-7-8-20-35(34)38)30-17-11-18-31(27-30)33-22-12-23-37-36-21-9-10-24-39(36)47-40(33)37;1-3-12-26(13-4-1)37-40-38(27-14-5-2-6-15-27)42-39(41-37)31-19-10-17-29(25-31)28-16-9-18-30(24-28)32-21-11-22-34-33-20-7-8-23-35(33)43-36(32)34;1-3-9-26(10-4-1)27-15-19-30(20-16-27)38-40-37(29-11-5-2-6-12-29)41-39(42-38)31-21-17-28(18-22-31)32-23-24-34-33-13-7-8-14-35(33)43-36(34)25-32/h1-27H;2*1-25H. The van der Waals surface area contributed by atoms with Crippen molar-refractivity contribution in [3.63, 3.8) is 0 Å². The second kappa shape index (κ2) is 35.2. The van der Waals surface area contributed by atoms with E-state index in [4.69, 9.17) is 58.1 Å². The molecule has 6 heterocycles. The Morgan fingerprint density at radius 3 is 0.767 bits per heavy atom. The van der Waals surface area contributed by atoms with Gasteiger partial charge in [0.1, 0.15) is 33.5 Å². The van der Waals surface area contributed by atoms with Crippen molar-refractivity contribution in [3.05, 3.63) is 467 Å². The van der Waals surface area contributed by atoms with Crippen LogP contribution in [0.1, 0.15) is 0 Å². The zero-order chi connectivity index (χ0) is 88.3. The van der Waals surface area contributed by atoms with Crippen molar-refractivity contribution >= 4 is 76.6 Å². The quantitative estimate of drug-likeness (QED) is 0.0959. The van der Waals surface area contributed by atoms with Gasteiger partial charge in [-0.05, 0) is 121 Å². The second-order valence-corrected chi connectivity index (χ2v) is 32.6. The van der Waals surface area contributed by atoms with E-state index in [-0.39, 0.29) is 0 Å². The first-order valence-corrected chi connectivity index (χ1v) is 44.3. The first kappa shape index (κ1) is 79.5. The molecule has 624 valence electrons. The molecule has 0 radical (unpaired) electrons. The van der Waals surface area contributed by atoms with Crippen molar-refractivity contribution in [2.75, 3.05) is 0 Å². The maximum absolute atomic E-state index is 6.38. The fourth-order valence-electron chi connectivity index (χ4n) is 17.6. The monoisotopic (exact) mass is 1700 g/mol. The number of nitrogens with zero attached hydrogens (tertiary/aromatic N) is 9. The molecule has 12 nitrogen and oxygen atoms in total. The fraction of sp³-hybridized carbons (Fsp3) is 0. The number of fused-ring (bicyclic) bond motifs is 10. The largest absolute Gasteiger partial charge is 0.456 e. The van der Waals surface area contributed by atoms with Crippen molar-refractivity contribution in [3.8, 4) is 169 Å².